The SMILES string of the molecule is N#[11C]Oc1ccc([N+](=O)[O-])cc1. The van der Waals surface area contributed by atoms with Gasteiger partial charge < -0.3 is 4.74 Å². The number of nitro groups is 1. The van der Waals surface area contributed by atoms with Gasteiger partial charge in [-0.15, -0.1) is 5.26 Å². The minimum Gasteiger partial charge on any atom is -0.388 e. The van der Waals surface area contributed by atoms with Crippen molar-refractivity contribution in [3.05, 3.63) is 34.4 Å². The molecule has 0 saturated heterocycles. The monoisotopic (exact) mass is 163 g/mol. The molecule has 5 heteroatoms. The van der Waals surface area contributed by atoms with E-state index in [1.165, 1.54) is 30.5 Å². The van der Waals surface area contributed by atoms with E-state index in [0.29, 0.717) is 5.75 Å². The summed E-state index contributed by atoms with van der Waals surface area (Å²) in [7, 11) is 0. The van der Waals surface area contributed by atoms with Gasteiger partial charge in [-0.2, -0.15) is 0 Å². The second-order valence-corrected chi connectivity index (χ2v) is 1.94. The molecule has 0 bridgehead atoms. The van der Waals surface area contributed by atoms with Gasteiger partial charge in [-0.3, -0.25) is 10.1 Å². The summed E-state index contributed by atoms with van der Waals surface area (Å²) in [6, 6.07) is 5.27. The number of nitrogens with zero attached hydrogens (tertiary/aromatic N) is 2. The summed E-state index contributed by atoms with van der Waals surface area (Å²) in [6.07, 6.45) is 1.46. The molecule has 0 aliphatic rings. The first-order valence-corrected chi connectivity index (χ1v) is 3.04. The fourth-order valence-electron chi connectivity index (χ4n) is 0.689. The van der Waals surface area contributed by atoms with Crippen LogP contribution in [0.15, 0.2) is 24.3 Å². The molecule has 0 radical (unpaired) electrons. The Balaban J connectivity index is 2.87. The van der Waals surface area contributed by atoms with Crippen LogP contribution in [0.5, 0.6) is 5.75 Å². The van der Waals surface area contributed by atoms with E-state index in [-0.39, 0.29) is 5.69 Å². The molecule has 0 aliphatic carbocycles. The Hall–Kier alpha value is -2.09. The topological polar surface area (TPSA) is 76.2 Å². The Bertz CT molecular complexity index is 325. The van der Waals surface area contributed by atoms with Crippen molar-refractivity contribution >= 4 is 5.69 Å². The van der Waals surface area contributed by atoms with Gasteiger partial charge in [-0.25, -0.2) is 0 Å². The highest BCUT2D eigenvalue weighted by molar-refractivity contribution is 5.36. The molecule has 0 saturated carbocycles. The minimum atomic E-state index is -0.518. The van der Waals surface area contributed by atoms with Gasteiger partial charge in [0.25, 0.3) is 11.9 Å². The molecular weight excluding hydrogens is 159 g/mol. The Morgan fingerprint density at radius 1 is 1.42 bits per heavy atom. The van der Waals surface area contributed by atoms with Crippen LogP contribution in [-0.2, 0) is 0 Å². The molecule has 0 unspecified atom stereocenters. The number of nitriles is 1. The Morgan fingerprint density at radius 2 is 2.00 bits per heavy atom. The van der Waals surface area contributed by atoms with Crippen LogP contribution in [0.2, 0.25) is 0 Å². The fraction of sp³-hybridized carbons (Fsp3) is 0. The van der Waals surface area contributed by atoms with Gasteiger partial charge in [0.1, 0.15) is 5.75 Å². The van der Waals surface area contributed by atoms with Gasteiger partial charge in [0.2, 0.25) is 0 Å². The molecule has 60 valence electrons. The minimum absolute atomic E-state index is 0.0275. The first-order chi connectivity index (χ1) is 5.74. The van der Waals surface area contributed by atoms with Gasteiger partial charge in [0, 0.05) is 12.1 Å². The molecule has 0 aliphatic heterocycles. The second-order valence-electron chi connectivity index (χ2n) is 1.94. The molecule has 12 heavy (non-hydrogen) atoms. The van der Waals surface area contributed by atoms with E-state index in [0.717, 1.165) is 0 Å². The summed E-state index contributed by atoms with van der Waals surface area (Å²) in [6.45, 7) is 0. The highest BCUT2D eigenvalue weighted by atomic mass is 16.6. The molecule has 1 aromatic carbocycles. The number of rotatable bonds is 2. The third-order valence-electron chi connectivity index (χ3n) is 1.21. The van der Waals surface area contributed by atoms with E-state index in [1.54, 1.807) is 0 Å². The predicted octanol–water partition coefficient (Wildman–Crippen LogP) is 1.45. The molecule has 1 rings (SSSR count). The molecule has 0 fully saturated rings. The first-order valence-electron chi connectivity index (χ1n) is 3.04. The van der Waals surface area contributed by atoms with Crippen molar-refractivity contribution in [1.82, 2.24) is 0 Å². The molecule has 0 amide bonds. The zero-order valence-electron chi connectivity index (χ0n) is 5.93. The van der Waals surface area contributed by atoms with E-state index >= 15 is 0 Å². The van der Waals surface area contributed by atoms with Crippen molar-refractivity contribution in [2.24, 2.45) is 0 Å². The Kier molecular flexibility index (Phi) is 2.23. The zero-order chi connectivity index (χ0) is 8.97. The van der Waals surface area contributed by atoms with Gasteiger partial charge in [0.05, 0.1) is 4.92 Å². The van der Waals surface area contributed by atoms with Crippen LogP contribution >= 0.6 is 0 Å². The van der Waals surface area contributed by atoms with E-state index in [2.05, 4.69) is 4.74 Å². The van der Waals surface area contributed by atoms with Gasteiger partial charge in [0.15, 0.2) is 0 Å². The van der Waals surface area contributed by atoms with Crippen LogP contribution in [0, 0.1) is 21.6 Å². The summed E-state index contributed by atoms with van der Waals surface area (Å²) < 4.78 is 4.42. The van der Waals surface area contributed by atoms with Gasteiger partial charge >= 0.3 is 0 Å². The van der Waals surface area contributed by atoms with Crippen LogP contribution in [0.1, 0.15) is 0 Å². The average molecular weight is 163 g/mol. The number of hydrogen-bond donors (Lipinski definition) is 0. The molecule has 0 spiro atoms. The fourth-order valence-corrected chi connectivity index (χ4v) is 0.689. The maximum Gasteiger partial charge on any atom is 0.292 e. The first kappa shape index (κ1) is 8.01. The van der Waals surface area contributed by atoms with Crippen LogP contribution in [0.3, 0.4) is 0 Å². The Morgan fingerprint density at radius 3 is 2.42 bits per heavy atom. The van der Waals surface area contributed by atoms with E-state index < -0.39 is 4.92 Å². The second kappa shape index (κ2) is 3.34. The van der Waals surface area contributed by atoms with Crippen molar-refractivity contribution in [3.8, 4) is 12.0 Å². The average Bonchev–Trinajstić information content (AvgIpc) is 2.06. The molecule has 5 nitrogen and oxygen atoms in total. The molecular formula is C7H4N2O3. The van der Waals surface area contributed by atoms with Crippen molar-refractivity contribution < 1.29 is 9.66 Å². The molecule has 1 aromatic rings. The number of non-ortho nitro benzene ring substituents is 1. The van der Waals surface area contributed by atoms with Gasteiger partial charge in [-0.05, 0) is 12.1 Å². The molecule has 0 heterocycles. The van der Waals surface area contributed by atoms with Gasteiger partial charge in [-0.1, -0.05) is 0 Å². The molecule has 0 atom stereocenters. The van der Waals surface area contributed by atoms with E-state index in [4.69, 9.17) is 5.26 Å². The third-order valence-corrected chi connectivity index (χ3v) is 1.21. The summed E-state index contributed by atoms with van der Waals surface area (Å²) in [5.41, 5.74) is -0.0275. The highest BCUT2D eigenvalue weighted by Crippen LogP contribution is 2.16. The quantitative estimate of drug-likeness (QED) is 0.375. The number of hydrogen-bond acceptors (Lipinski definition) is 4. The summed E-state index contributed by atoms with van der Waals surface area (Å²) in [4.78, 5) is 9.65. The summed E-state index contributed by atoms with van der Waals surface area (Å²) in [5.74, 6) is 0.295. The maximum absolute atomic E-state index is 10.2. The lowest BCUT2D eigenvalue weighted by atomic mass is 10.3. The lowest BCUT2D eigenvalue weighted by molar-refractivity contribution is -0.384. The largest absolute Gasteiger partial charge is 0.388 e. The molecule has 0 aromatic heterocycles. The highest BCUT2D eigenvalue weighted by Gasteiger charge is 2.03. The van der Waals surface area contributed by atoms with Crippen LogP contribution < -0.4 is 4.74 Å². The standard InChI is InChI=1S/C7H4N2O3/c8-5-12-7-3-1-6(2-4-7)9(10)11/h1-4H/i5-1. The number of ether oxygens (including phenoxy) is 1. The zero-order valence-corrected chi connectivity index (χ0v) is 5.93. The smallest absolute Gasteiger partial charge is 0.292 e. The van der Waals surface area contributed by atoms with Crippen molar-refractivity contribution in [3.63, 3.8) is 0 Å². The third kappa shape index (κ3) is 1.70. The van der Waals surface area contributed by atoms with Crippen LogP contribution in [-0.4, -0.2) is 4.92 Å². The molecule has 0 N–H and O–H groups in total. The predicted molar refractivity (Wildman–Crippen MR) is 39.3 cm³/mol. The summed E-state index contributed by atoms with van der Waals surface area (Å²) in [5, 5.41) is 18.3. The lowest BCUT2D eigenvalue weighted by Gasteiger charge is -1.93. The Labute approximate surface area is 68.0 Å². The van der Waals surface area contributed by atoms with Crippen molar-refractivity contribution in [2.75, 3.05) is 0 Å². The van der Waals surface area contributed by atoms with E-state index in [9.17, 15) is 10.1 Å². The van der Waals surface area contributed by atoms with Crippen LogP contribution in [0.25, 0.3) is 0 Å². The van der Waals surface area contributed by atoms with Crippen molar-refractivity contribution in [1.29, 1.82) is 5.26 Å². The lowest BCUT2D eigenvalue weighted by Crippen LogP contribution is -1.87. The normalized spacial score (nSPS) is 8.58. The van der Waals surface area contributed by atoms with Crippen LogP contribution in [0.4, 0.5) is 5.69 Å². The summed E-state index contributed by atoms with van der Waals surface area (Å²) >= 11 is 0. The number of nitro benzene ring substituents is 1. The number of benzene rings is 1. The van der Waals surface area contributed by atoms with E-state index in [1.807, 2.05) is 0 Å². The van der Waals surface area contributed by atoms with Crippen molar-refractivity contribution in [2.45, 2.75) is 0 Å². The maximum atomic E-state index is 10.2.